The van der Waals surface area contributed by atoms with E-state index < -0.39 is 17.1 Å². The van der Waals surface area contributed by atoms with Crippen LogP contribution in [0.1, 0.15) is 31.0 Å². The maximum absolute atomic E-state index is 13.4. The first-order valence-corrected chi connectivity index (χ1v) is 8.42. The molecule has 3 aromatic heterocycles. The second-order valence-corrected chi connectivity index (χ2v) is 6.52. The van der Waals surface area contributed by atoms with Gasteiger partial charge in [-0.3, -0.25) is 4.79 Å². The van der Waals surface area contributed by atoms with Crippen LogP contribution in [0.4, 0.5) is 4.39 Å². The molecule has 0 spiro atoms. The zero-order chi connectivity index (χ0) is 17.8. The number of fused-ring (bicyclic) bond motifs is 2. The summed E-state index contributed by atoms with van der Waals surface area (Å²) < 4.78 is 16.0. The van der Waals surface area contributed by atoms with Crippen molar-refractivity contribution in [3.63, 3.8) is 0 Å². The van der Waals surface area contributed by atoms with Crippen LogP contribution in [0.5, 0.6) is 0 Å². The minimum atomic E-state index is -0.644. The molecule has 26 heavy (non-hydrogen) atoms. The topological polar surface area (TPSA) is 85.0 Å². The van der Waals surface area contributed by atoms with Gasteiger partial charge in [0.1, 0.15) is 5.82 Å². The van der Waals surface area contributed by atoms with Crippen molar-refractivity contribution in [3.05, 3.63) is 69.0 Å². The van der Waals surface area contributed by atoms with Crippen molar-refractivity contribution in [2.75, 3.05) is 0 Å². The molecular weight excluding hydrogens is 337 g/mol. The lowest BCUT2D eigenvalue weighted by atomic mass is 9.85. The summed E-state index contributed by atoms with van der Waals surface area (Å²) in [6.07, 6.45) is 5.00. The monoisotopic (exact) mass is 351 g/mol. The van der Waals surface area contributed by atoms with Gasteiger partial charge in [-0.25, -0.2) is 23.3 Å². The number of H-pyrrole nitrogens is 1. The maximum Gasteiger partial charge on any atom is 0.333 e. The fourth-order valence-electron chi connectivity index (χ4n) is 3.33. The van der Waals surface area contributed by atoms with Gasteiger partial charge in [0.15, 0.2) is 11.5 Å². The Morgan fingerprint density at radius 3 is 2.81 bits per heavy atom. The molecule has 1 fully saturated rings. The van der Waals surface area contributed by atoms with E-state index in [4.69, 9.17) is 0 Å². The maximum atomic E-state index is 13.4. The summed E-state index contributed by atoms with van der Waals surface area (Å²) >= 11 is 0. The second-order valence-electron chi connectivity index (χ2n) is 6.52. The SMILES string of the molecule is O=c1[nH]c2cc(F)ccc2c(=O)n1-c1cccn2nc(C3CCC3)nc12. The fraction of sp³-hybridized carbons (Fsp3) is 0.222. The van der Waals surface area contributed by atoms with Crippen molar-refractivity contribution < 1.29 is 4.39 Å². The molecule has 130 valence electrons. The predicted octanol–water partition coefficient (Wildman–Crippen LogP) is 2.13. The number of hydrogen-bond acceptors (Lipinski definition) is 4. The van der Waals surface area contributed by atoms with Gasteiger partial charge in [0, 0.05) is 12.1 Å². The fourth-order valence-corrected chi connectivity index (χ4v) is 3.33. The van der Waals surface area contributed by atoms with E-state index in [-0.39, 0.29) is 10.9 Å². The molecule has 1 aliphatic carbocycles. The van der Waals surface area contributed by atoms with Crippen LogP contribution < -0.4 is 11.2 Å². The van der Waals surface area contributed by atoms with Gasteiger partial charge in [0.2, 0.25) is 0 Å². The number of aromatic amines is 1. The van der Waals surface area contributed by atoms with E-state index in [1.54, 1.807) is 22.8 Å². The molecule has 1 saturated carbocycles. The van der Waals surface area contributed by atoms with E-state index in [9.17, 15) is 14.0 Å². The highest BCUT2D eigenvalue weighted by molar-refractivity contribution is 5.78. The Kier molecular flexibility index (Phi) is 3.09. The van der Waals surface area contributed by atoms with Gasteiger partial charge in [-0.2, -0.15) is 5.10 Å². The molecule has 1 N–H and O–H groups in total. The Balaban J connectivity index is 1.80. The van der Waals surface area contributed by atoms with Gasteiger partial charge >= 0.3 is 5.69 Å². The van der Waals surface area contributed by atoms with E-state index in [1.165, 1.54) is 12.1 Å². The van der Waals surface area contributed by atoms with Gasteiger partial charge in [0.25, 0.3) is 5.56 Å². The summed E-state index contributed by atoms with van der Waals surface area (Å²) in [5, 5.41) is 4.71. The molecule has 0 atom stereocenters. The van der Waals surface area contributed by atoms with Crippen LogP contribution in [-0.2, 0) is 0 Å². The summed E-state index contributed by atoms with van der Waals surface area (Å²) in [6.45, 7) is 0. The Morgan fingerprint density at radius 1 is 1.19 bits per heavy atom. The van der Waals surface area contributed by atoms with Gasteiger partial charge in [-0.05, 0) is 43.2 Å². The van der Waals surface area contributed by atoms with Crippen LogP contribution in [0.3, 0.4) is 0 Å². The lowest BCUT2D eigenvalue weighted by Gasteiger charge is -2.21. The Bertz CT molecular complexity index is 1280. The normalized spacial score (nSPS) is 14.8. The van der Waals surface area contributed by atoms with Crippen LogP contribution in [-0.4, -0.2) is 24.1 Å². The minimum absolute atomic E-state index is 0.167. The zero-order valence-corrected chi connectivity index (χ0v) is 13.6. The molecule has 0 radical (unpaired) electrons. The van der Waals surface area contributed by atoms with E-state index in [0.29, 0.717) is 17.3 Å². The first-order valence-electron chi connectivity index (χ1n) is 8.42. The van der Waals surface area contributed by atoms with Crippen molar-refractivity contribution in [2.24, 2.45) is 0 Å². The Labute approximate surface area is 145 Å². The molecular formula is C18H14FN5O2. The van der Waals surface area contributed by atoms with E-state index in [0.717, 1.165) is 35.7 Å². The smallest absolute Gasteiger partial charge is 0.306 e. The summed E-state index contributed by atoms with van der Waals surface area (Å²) in [5.41, 5.74) is -0.203. The third kappa shape index (κ3) is 2.11. The standard InChI is InChI=1S/C18H14FN5O2/c19-11-6-7-12-13(9-11)20-18(26)24(17(12)25)14-5-2-8-23-16(14)21-15(22-23)10-3-1-4-10/h2,5-10H,1,3-4H2,(H,20,26). The van der Waals surface area contributed by atoms with Crippen LogP contribution >= 0.6 is 0 Å². The molecule has 3 heterocycles. The molecule has 0 saturated heterocycles. The van der Waals surface area contributed by atoms with Crippen molar-refractivity contribution in [2.45, 2.75) is 25.2 Å². The molecule has 0 unspecified atom stereocenters. The molecule has 4 aromatic rings. The highest BCUT2D eigenvalue weighted by atomic mass is 19.1. The molecule has 0 aliphatic heterocycles. The number of rotatable bonds is 2. The van der Waals surface area contributed by atoms with E-state index >= 15 is 0 Å². The molecule has 5 rings (SSSR count). The van der Waals surface area contributed by atoms with Crippen molar-refractivity contribution in [3.8, 4) is 5.69 Å². The van der Waals surface area contributed by atoms with E-state index in [2.05, 4.69) is 15.1 Å². The lowest BCUT2D eigenvalue weighted by molar-refractivity contribution is 0.402. The first-order chi connectivity index (χ1) is 12.6. The van der Waals surface area contributed by atoms with Gasteiger partial charge in [0.05, 0.1) is 16.6 Å². The number of benzene rings is 1. The number of halogens is 1. The van der Waals surface area contributed by atoms with Crippen LogP contribution in [0.15, 0.2) is 46.1 Å². The molecule has 8 heteroatoms. The number of pyridine rings is 1. The predicted molar refractivity (Wildman–Crippen MR) is 93.3 cm³/mol. The molecule has 7 nitrogen and oxygen atoms in total. The van der Waals surface area contributed by atoms with E-state index in [1.807, 2.05) is 0 Å². The molecule has 1 aromatic carbocycles. The van der Waals surface area contributed by atoms with Gasteiger partial charge < -0.3 is 4.98 Å². The van der Waals surface area contributed by atoms with Gasteiger partial charge in [-0.15, -0.1) is 0 Å². The van der Waals surface area contributed by atoms with Crippen LogP contribution in [0.2, 0.25) is 0 Å². The number of hydrogen-bond donors (Lipinski definition) is 1. The Morgan fingerprint density at radius 2 is 2.04 bits per heavy atom. The summed E-state index contributed by atoms with van der Waals surface area (Å²) in [4.78, 5) is 32.6. The molecule has 0 bridgehead atoms. The van der Waals surface area contributed by atoms with Crippen LogP contribution in [0.25, 0.3) is 22.2 Å². The zero-order valence-electron chi connectivity index (χ0n) is 13.6. The van der Waals surface area contributed by atoms with Crippen LogP contribution in [0, 0.1) is 5.82 Å². The quantitative estimate of drug-likeness (QED) is 0.599. The molecule has 0 amide bonds. The number of nitrogens with zero attached hydrogens (tertiary/aromatic N) is 4. The highest BCUT2D eigenvalue weighted by Gasteiger charge is 2.25. The summed E-state index contributed by atoms with van der Waals surface area (Å²) in [6, 6.07) is 7.06. The third-order valence-electron chi connectivity index (χ3n) is 4.93. The Hall–Kier alpha value is -3.29. The second kappa shape index (κ2) is 5.35. The van der Waals surface area contributed by atoms with Crippen molar-refractivity contribution in [1.82, 2.24) is 24.1 Å². The largest absolute Gasteiger partial charge is 0.333 e. The lowest BCUT2D eigenvalue weighted by Crippen LogP contribution is -2.34. The van der Waals surface area contributed by atoms with Crippen molar-refractivity contribution >= 4 is 16.6 Å². The summed E-state index contributed by atoms with van der Waals surface area (Å²) in [7, 11) is 0. The minimum Gasteiger partial charge on any atom is -0.306 e. The van der Waals surface area contributed by atoms with Gasteiger partial charge in [-0.1, -0.05) is 6.42 Å². The molecule has 1 aliphatic rings. The number of nitrogens with one attached hydrogen (secondary N) is 1. The first kappa shape index (κ1) is 15.0. The average Bonchev–Trinajstić information content (AvgIpc) is 2.96. The van der Waals surface area contributed by atoms with Crippen molar-refractivity contribution in [1.29, 1.82) is 0 Å². The average molecular weight is 351 g/mol. The summed E-state index contributed by atoms with van der Waals surface area (Å²) in [5.74, 6) is 0.545. The number of aromatic nitrogens is 5. The third-order valence-corrected chi connectivity index (χ3v) is 4.93. The highest BCUT2D eigenvalue weighted by Crippen LogP contribution is 2.34.